The first kappa shape index (κ1) is 13.5. The van der Waals surface area contributed by atoms with Crippen molar-refractivity contribution in [3.05, 3.63) is 29.6 Å². The van der Waals surface area contributed by atoms with Crippen molar-refractivity contribution in [3.63, 3.8) is 0 Å². The third-order valence-electron chi connectivity index (χ3n) is 4.10. The van der Waals surface area contributed by atoms with Gasteiger partial charge in [0, 0.05) is 43.6 Å². The van der Waals surface area contributed by atoms with Gasteiger partial charge in [0.2, 0.25) is 0 Å². The number of rotatable bonds is 3. The lowest BCUT2D eigenvalue weighted by atomic mass is 9.93. The lowest BCUT2D eigenvalue weighted by molar-refractivity contribution is 0.0865. The normalized spacial score (nSPS) is 29.4. The maximum Gasteiger partial charge on any atom is 0.0313 e. The number of nitrogens with one attached hydrogen (secondary N) is 1. The largest absolute Gasteiger partial charge is 0.309 e. The molecule has 1 N–H and O–H groups in total. The highest BCUT2D eigenvalue weighted by atomic mass is 15.2. The van der Waals surface area contributed by atoms with Crippen LogP contribution in [0.4, 0.5) is 0 Å². The van der Waals surface area contributed by atoms with Crippen molar-refractivity contribution >= 4 is 0 Å². The Morgan fingerprint density at radius 1 is 1.50 bits per heavy atom. The Morgan fingerprint density at radius 3 is 2.94 bits per heavy atom. The summed E-state index contributed by atoms with van der Waals surface area (Å²) >= 11 is 0. The molecular formula is C15H25N3. The van der Waals surface area contributed by atoms with Crippen molar-refractivity contribution in [2.24, 2.45) is 0 Å². The highest BCUT2D eigenvalue weighted by molar-refractivity contribution is 5.17. The Hall–Kier alpha value is -0.930. The molecule has 18 heavy (non-hydrogen) atoms. The quantitative estimate of drug-likeness (QED) is 0.888. The number of aromatic nitrogens is 1. The van der Waals surface area contributed by atoms with Crippen LogP contribution < -0.4 is 5.32 Å². The van der Waals surface area contributed by atoms with Crippen LogP contribution in [0.15, 0.2) is 18.5 Å². The molecule has 1 saturated heterocycles. The van der Waals surface area contributed by atoms with E-state index in [1.807, 2.05) is 12.4 Å². The zero-order valence-corrected chi connectivity index (χ0v) is 12.0. The molecule has 0 aromatic carbocycles. The molecule has 2 heterocycles. The van der Waals surface area contributed by atoms with E-state index in [9.17, 15) is 0 Å². The van der Waals surface area contributed by atoms with Crippen LogP contribution in [0.2, 0.25) is 0 Å². The number of hydrogen-bond donors (Lipinski definition) is 1. The van der Waals surface area contributed by atoms with E-state index in [0.717, 1.165) is 19.6 Å². The molecular weight excluding hydrogens is 222 g/mol. The van der Waals surface area contributed by atoms with Crippen molar-refractivity contribution < 1.29 is 0 Å². The first-order valence-electron chi connectivity index (χ1n) is 6.92. The molecule has 0 amide bonds. The molecule has 2 unspecified atom stereocenters. The number of pyridine rings is 1. The third-order valence-corrected chi connectivity index (χ3v) is 4.10. The zero-order valence-electron chi connectivity index (χ0n) is 12.0. The average Bonchev–Trinajstić information content (AvgIpc) is 2.34. The van der Waals surface area contributed by atoms with Gasteiger partial charge in [-0.1, -0.05) is 13.0 Å². The van der Waals surface area contributed by atoms with Gasteiger partial charge in [0.15, 0.2) is 0 Å². The molecule has 1 aliphatic heterocycles. The summed E-state index contributed by atoms with van der Waals surface area (Å²) < 4.78 is 0. The van der Waals surface area contributed by atoms with Crippen LogP contribution in [0.3, 0.4) is 0 Å². The average molecular weight is 247 g/mol. The van der Waals surface area contributed by atoms with E-state index < -0.39 is 0 Å². The van der Waals surface area contributed by atoms with Crippen LogP contribution >= 0.6 is 0 Å². The number of aryl methyl sites for hydroxylation is 1. The predicted octanol–water partition coefficient (Wildman–Crippen LogP) is 2.35. The van der Waals surface area contributed by atoms with E-state index in [2.05, 4.69) is 49.0 Å². The van der Waals surface area contributed by atoms with Gasteiger partial charge >= 0.3 is 0 Å². The van der Waals surface area contributed by atoms with Gasteiger partial charge in [-0.2, -0.15) is 0 Å². The van der Waals surface area contributed by atoms with Crippen LogP contribution in [-0.2, 0) is 6.54 Å². The molecule has 0 spiro atoms. The minimum atomic E-state index is 0.254. The Balaban J connectivity index is 2.07. The van der Waals surface area contributed by atoms with E-state index in [1.54, 1.807) is 0 Å². The van der Waals surface area contributed by atoms with Crippen LogP contribution in [0.5, 0.6) is 0 Å². The Bertz CT molecular complexity index is 404. The van der Waals surface area contributed by atoms with E-state index in [0.29, 0.717) is 6.04 Å². The van der Waals surface area contributed by atoms with Gasteiger partial charge in [-0.05, 0) is 38.3 Å². The summed E-state index contributed by atoms with van der Waals surface area (Å²) in [5.41, 5.74) is 2.82. The van der Waals surface area contributed by atoms with E-state index >= 15 is 0 Å². The van der Waals surface area contributed by atoms with Crippen molar-refractivity contribution in [3.8, 4) is 0 Å². The molecule has 2 atom stereocenters. The lowest BCUT2D eigenvalue weighted by Crippen LogP contribution is -2.61. The number of nitrogens with zero attached hydrogens (tertiary/aromatic N) is 2. The van der Waals surface area contributed by atoms with Gasteiger partial charge in [-0.15, -0.1) is 0 Å². The van der Waals surface area contributed by atoms with Crippen LogP contribution in [0, 0.1) is 6.92 Å². The van der Waals surface area contributed by atoms with Crippen molar-refractivity contribution in [2.75, 3.05) is 13.1 Å². The second-order valence-corrected chi connectivity index (χ2v) is 5.92. The van der Waals surface area contributed by atoms with Gasteiger partial charge in [0.1, 0.15) is 0 Å². The summed E-state index contributed by atoms with van der Waals surface area (Å²) in [6.45, 7) is 12.2. The van der Waals surface area contributed by atoms with Crippen molar-refractivity contribution in [2.45, 2.75) is 52.2 Å². The number of hydrogen-bond acceptors (Lipinski definition) is 3. The molecule has 3 heteroatoms. The van der Waals surface area contributed by atoms with E-state index in [-0.39, 0.29) is 5.54 Å². The van der Waals surface area contributed by atoms with Crippen molar-refractivity contribution in [1.82, 2.24) is 15.2 Å². The lowest BCUT2D eigenvalue weighted by Gasteiger charge is -2.45. The summed E-state index contributed by atoms with van der Waals surface area (Å²) in [5.74, 6) is 0. The second-order valence-electron chi connectivity index (χ2n) is 5.92. The molecule has 2 rings (SSSR count). The molecule has 1 fully saturated rings. The summed E-state index contributed by atoms with van der Waals surface area (Å²) in [7, 11) is 0. The minimum Gasteiger partial charge on any atom is -0.309 e. The van der Waals surface area contributed by atoms with Gasteiger partial charge in [-0.3, -0.25) is 9.88 Å². The van der Waals surface area contributed by atoms with Crippen LogP contribution in [0.1, 0.15) is 38.3 Å². The molecule has 100 valence electrons. The van der Waals surface area contributed by atoms with Gasteiger partial charge in [0.25, 0.3) is 0 Å². The fourth-order valence-corrected chi connectivity index (χ4v) is 2.57. The Kier molecular flexibility index (Phi) is 4.03. The SMILES string of the molecule is CCC1(C)CN(Cc2cncc(C)c2)C(C)CN1. The summed E-state index contributed by atoms with van der Waals surface area (Å²) in [6, 6.07) is 2.83. The molecule has 1 aromatic heterocycles. The second kappa shape index (κ2) is 5.37. The highest BCUT2D eigenvalue weighted by Gasteiger charge is 2.32. The molecule has 3 nitrogen and oxygen atoms in total. The summed E-state index contributed by atoms with van der Waals surface area (Å²) in [5, 5.41) is 3.66. The zero-order chi connectivity index (χ0) is 13.2. The van der Waals surface area contributed by atoms with Crippen LogP contribution in [-0.4, -0.2) is 34.6 Å². The molecule has 1 aliphatic rings. The van der Waals surface area contributed by atoms with E-state index in [1.165, 1.54) is 17.5 Å². The van der Waals surface area contributed by atoms with Gasteiger partial charge in [-0.25, -0.2) is 0 Å². The molecule has 0 bridgehead atoms. The smallest absolute Gasteiger partial charge is 0.0313 e. The molecule has 0 saturated carbocycles. The first-order chi connectivity index (χ1) is 8.52. The number of piperazine rings is 1. The minimum absolute atomic E-state index is 0.254. The fraction of sp³-hybridized carbons (Fsp3) is 0.667. The monoisotopic (exact) mass is 247 g/mol. The maximum atomic E-state index is 4.29. The van der Waals surface area contributed by atoms with Crippen LogP contribution in [0.25, 0.3) is 0 Å². The summed E-state index contributed by atoms with van der Waals surface area (Å²) in [4.78, 5) is 6.85. The van der Waals surface area contributed by atoms with Crippen molar-refractivity contribution in [1.29, 1.82) is 0 Å². The molecule has 0 radical (unpaired) electrons. The fourth-order valence-electron chi connectivity index (χ4n) is 2.57. The summed E-state index contributed by atoms with van der Waals surface area (Å²) in [6.07, 6.45) is 5.08. The maximum absolute atomic E-state index is 4.29. The van der Waals surface area contributed by atoms with Gasteiger partial charge in [0.05, 0.1) is 0 Å². The highest BCUT2D eigenvalue weighted by Crippen LogP contribution is 2.20. The predicted molar refractivity (Wildman–Crippen MR) is 75.5 cm³/mol. The van der Waals surface area contributed by atoms with E-state index in [4.69, 9.17) is 0 Å². The topological polar surface area (TPSA) is 28.2 Å². The molecule has 1 aromatic rings. The molecule has 0 aliphatic carbocycles. The standard InChI is InChI=1S/C15H25N3/c1-5-15(4)11-18(13(3)8-17-15)10-14-6-12(2)7-16-9-14/h6-7,9,13,17H,5,8,10-11H2,1-4H3. The Morgan fingerprint density at radius 2 is 2.28 bits per heavy atom. The Labute approximate surface area is 111 Å². The van der Waals surface area contributed by atoms with Gasteiger partial charge < -0.3 is 5.32 Å². The first-order valence-corrected chi connectivity index (χ1v) is 6.92. The third kappa shape index (κ3) is 3.09.